The van der Waals surface area contributed by atoms with E-state index in [0.29, 0.717) is 11.3 Å². The second-order valence-electron chi connectivity index (χ2n) is 6.60. The lowest BCUT2D eigenvalue weighted by Gasteiger charge is -2.28. The number of nitrogens with zero attached hydrogens (tertiary/aromatic N) is 4. The van der Waals surface area contributed by atoms with Gasteiger partial charge in [0.15, 0.2) is 0 Å². The van der Waals surface area contributed by atoms with E-state index in [0.717, 1.165) is 16.7 Å². The quantitative estimate of drug-likeness (QED) is 0.573. The molecular formula is C23H17N5O. The van der Waals surface area contributed by atoms with Crippen LogP contribution in [0.5, 0.6) is 0 Å². The van der Waals surface area contributed by atoms with Crippen molar-refractivity contribution in [3.8, 4) is 6.07 Å². The van der Waals surface area contributed by atoms with Crippen molar-refractivity contribution in [3.05, 3.63) is 124 Å². The van der Waals surface area contributed by atoms with Gasteiger partial charge in [0.25, 0.3) is 0 Å². The predicted octanol–water partition coefficient (Wildman–Crippen LogP) is 3.40. The molecule has 6 nitrogen and oxygen atoms in total. The van der Waals surface area contributed by atoms with Crippen molar-refractivity contribution in [1.82, 2.24) is 19.9 Å². The Labute approximate surface area is 167 Å². The highest BCUT2D eigenvalue weighted by atomic mass is 16.1. The molecule has 29 heavy (non-hydrogen) atoms. The Hall–Kier alpha value is -4.11. The summed E-state index contributed by atoms with van der Waals surface area (Å²) in [6, 6.07) is 19.2. The molecule has 3 heterocycles. The number of hydrogen-bond donors (Lipinski definition) is 1. The molecule has 1 atom stereocenters. The fraction of sp³-hybridized carbons (Fsp3) is 0.0870. The van der Waals surface area contributed by atoms with E-state index in [9.17, 15) is 10.1 Å². The number of aromatic amines is 1. The molecule has 0 radical (unpaired) electrons. The van der Waals surface area contributed by atoms with Crippen LogP contribution in [0.25, 0.3) is 0 Å². The number of hydrogen-bond acceptors (Lipinski definition) is 5. The van der Waals surface area contributed by atoms with Gasteiger partial charge in [-0.2, -0.15) is 5.26 Å². The van der Waals surface area contributed by atoms with Gasteiger partial charge in [-0.3, -0.25) is 9.97 Å². The number of nitrogens with one attached hydrogen (secondary N) is 1. The van der Waals surface area contributed by atoms with Crippen LogP contribution in [-0.2, 0) is 0 Å². The first kappa shape index (κ1) is 18.3. The predicted molar refractivity (Wildman–Crippen MR) is 108 cm³/mol. The normalized spacial score (nSPS) is 11.7. The van der Waals surface area contributed by atoms with Gasteiger partial charge >= 0.3 is 5.69 Å². The Morgan fingerprint density at radius 1 is 0.828 bits per heavy atom. The van der Waals surface area contributed by atoms with E-state index in [1.807, 2.05) is 54.9 Å². The van der Waals surface area contributed by atoms with E-state index >= 15 is 0 Å². The van der Waals surface area contributed by atoms with Gasteiger partial charge in [-0.05, 0) is 47.0 Å². The highest BCUT2D eigenvalue weighted by molar-refractivity contribution is 5.44. The summed E-state index contributed by atoms with van der Waals surface area (Å²) in [5.74, 6) is -0.447. The van der Waals surface area contributed by atoms with Crippen LogP contribution in [0.3, 0.4) is 0 Å². The molecule has 4 rings (SSSR count). The van der Waals surface area contributed by atoms with E-state index < -0.39 is 5.69 Å². The first-order valence-corrected chi connectivity index (χ1v) is 9.11. The van der Waals surface area contributed by atoms with Crippen LogP contribution in [0.2, 0.25) is 0 Å². The average molecular weight is 379 g/mol. The molecule has 4 aromatic rings. The minimum atomic E-state index is -0.417. The largest absolute Gasteiger partial charge is 0.345 e. The number of aromatic nitrogens is 4. The highest BCUT2D eigenvalue weighted by Crippen LogP contribution is 2.41. The summed E-state index contributed by atoms with van der Waals surface area (Å²) in [4.78, 5) is 27.2. The molecule has 0 bridgehead atoms. The Morgan fingerprint density at radius 2 is 1.52 bits per heavy atom. The fourth-order valence-electron chi connectivity index (χ4n) is 3.61. The van der Waals surface area contributed by atoms with Crippen molar-refractivity contribution >= 4 is 0 Å². The number of H-pyrrole nitrogens is 1. The molecule has 0 amide bonds. The van der Waals surface area contributed by atoms with E-state index in [1.54, 1.807) is 24.5 Å². The smallest absolute Gasteiger partial charge is 0.309 e. The SMILES string of the molecule is N#Cc1cccc(C(c2ccnc(=O)[nH]2)C(c2cccnc2)c2cccnc2)c1. The molecule has 0 spiro atoms. The summed E-state index contributed by atoms with van der Waals surface area (Å²) in [6.45, 7) is 0. The third kappa shape index (κ3) is 3.94. The van der Waals surface area contributed by atoms with Gasteiger partial charge < -0.3 is 4.98 Å². The van der Waals surface area contributed by atoms with Crippen LogP contribution >= 0.6 is 0 Å². The maximum atomic E-state index is 12.0. The van der Waals surface area contributed by atoms with Crippen LogP contribution in [0.4, 0.5) is 0 Å². The topological polar surface area (TPSA) is 95.3 Å². The zero-order chi connectivity index (χ0) is 20.1. The number of benzene rings is 1. The molecule has 1 N–H and O–H groups in total. The molecule has 0 saturated heterocycles. The Morgan fingerprint density at radius 3 is 2.10 bits per heavy atom. The van der Waals surface area contributed by atoms with Crippen LogP contribution in [-0.4, -0.2) is 19.9 Å². The van der Waals surface area contributed by atoms with E-state index in [4.69, 9.17) is 0 Å². The third-order valence-electron chi connectivity index (χ3n) is 4.83. The molecule has 1 aromatic carbocycles. The lowest BCUT2D eigenvalue weighted by Crippen LogP contribution is -2.20. The molecular weight excluding hydrogens is 362 g/mol. The summed E-state index contributed by atoms with van der Waals surface area (Å²) in [5.41, 5.74) is 3.71. The lowest BCUT2D eigenvalue weighted by molar-refractivity contribution is 0.663. The van der Waals surface area contributed by atoms with Crippen molar-refractivity contribution in [2.45, 2.75) is 11.8 Å². The summed E-state index contributed by atoms with van der Waals surface area (Å²) in [7, 11) is 0. The van der Waals surface area contributed by atoms with Gasteiger partial charge in [-0.25, -0.2) is 9.78 Å². The van der Waals surface area contributed by atoms with Crippen LogP contribution < -0.4 is 5.69 Å². The van der Waals surface area contributed by atoms with Crippen LogP contribution in [0, 0.1) is 11.3 Å². The zero-order valence-corrected chi connectivity index (χ0v) is 15.4. The van der Waals surface area contributed by atoms with Crippen molar-refractivity contribution in [2.24, 2.45) is 0 Å². The van der Waals surface area contributed by atoms with Crippen LogP contribution in [0.15, 0.2) is 90.4 Å². The first-order chi connectivity index (χ1) is 14.3. The molecule has 0 saturated carbocycles. The van der Waals surface area contributed by atoms with Gasteiger partial charge in [-0.1, -0.05) is 24.3 Å². The molecule has 0 aliphatic carbocycles. The molecule has 6 heteroatoms. The van der Waals surface area contributed by atoms with Gasteiger partial charge in [0.05, 0.1) is 11.6 Å². The fourth-order valence-corrected chi connectivity index (χ4v) is 3.61. The lowest BCUT2D eigenvalue weighted by atomic mass is 9.76. The second-order valence-corrected chi connectivity index (χ2v) is 6.60. The summed E-state index contributed by atoms with van der Waals surface area (Å²) in [6.07, 6.45) is 8.59. The molecule has 1 unspecified atom stereocenters. The Kier molecular flexibility index (Phi) is 5.21. The van der Waals surface area contributed by atoms with E-state index in [2.05, 4.69) is 26.0 Å². The monoisotopic (exact) mass is 379 g/mol. The van der Waals surface area contributed by atoms with Gasteiger partial charge in [-0.15, -0.1) is 0 Å². The maximum Gasteiger partial charge on any atom is 0.345 e. The minimum Gasteiger partial charge on any atom is -0.309 e. The molecule has 0 aliphatic rings. The van der Waals surface area contributed by atoms with Crippen molar-refractivity contribution in [1.29, 1.82) is 5.26 Å². The molecule has 0 fully saturated rings. The third-order valence-corrected chi connectivity index (χ3v) is 4.83. The van der Waals surface area contributed by atoms with E-state index in [-0.39, 0.29) is 11.8 Å². The van der Waals surface area contributed by atoms with Crippen molar-refractivity contribution in [3.63, 3.8) is 0 Å². The molecule has 0 aliphatic heterocycles. The van der Waals surface area contributed by atoms with Crippen molar-refractivity contribution in [2.75, 3.05) is 0 Å². The van der Waals surface area contributed by atoms with Gasteiger partial charge in [0.2, 0.25) is 0 Å². The Bertz CT molecular complexity index is 1160. The second kappa shape index (κ2) is 8.28. The zero-order valence-electron chi connectivity index (χ0n) is 15.4. The summed E-state index contributed by atoms with van der Waals surface area (Å²) in [5, 5.41) is 9.39. The van der Waals surface area contributed by atoms with Gasteiger partial charge in [0.1, 0.15) is 0 Å². The number of nitriles is 1. The number of pyridine rings is 2. The highest BCUT2D eigenvalue weighted by Gasteiger charge is 2.29. The summed E-state index contributed by atoms with van der Waals surface area (Å²) < 4.78 is 0. The Balaban J connectivity index is 1.98. The number of rotatable bonds is 5. The van der Waals surface area contributed by atoms with Crippen molar-refractivity contribution < 1.29 is 0 Å². The first-order valence-electron chi connectivity index (χ1n) is 9.11. The standard InChI is InChI=1S/C23H17N5O/c24-13-16-4-1-5-17(12-16)22(20-8-11-27-23(29)28-20)21(18-6-2-9-25-14-18)19-7-3-10-26-15-19/h1-12,14-15,21-22H,(H,27,28,29). The molecule has 140 valence electrons. The van der Waals surface area contributed by atoms with E-state index in [1.165, 1.54) is 6.20 Å². The van der Waals surface area contributed by atoms with Crippen LogP contribution in [0.1, 0.15) is 39.8 Å². The summed E-state index contributed by atoms with van der Waals surface area (Å²) >= 11 is 0. The maximum absolute atomic E-state index is 12.0. The van der Waals surface area contributed by atoms with Gasteiger partial charge in [0, 0.05) is 48.5 Å². The minimum absolute atomic E-state index is 0.176. The molecule has 3 aromatic heterocycles. The average Bonchev–Trinajstić information content (AvgIpc) is 2.78.